The average Bonchev–Trinajstić information content (AvgIpc) is 3.58. The van der Waals surface area contributed by atoms with Crippen LogP contribution in [0, 0.1) is 11.8 Å². The molecule has 3 saturated heterocycles. The minimum absolute atomic E-state index is 0.102. The smallest absolute Gasteiger partial charge is 0.247 e. The molecule has 194 valence electrons. The van der Waals surface area contributed by atoms with Gasteiger partial charge in [-0.2, -0.15) is 0 Å². The Kier molecular flexibility index (Phi) is 6.46. The number of aliphatic hydroxyl groups is 1. The van der Waals surface area contributed by atoms with Crippen LogP contribution in [-0.4, -0.2) is 80.2 Å². The number of nitrogens with zero attached hydrogens (tertiary/aromatic N) is 4. The summed E-state index contributed by atoms with van der Waals surface area (Å²) in [6.07, 6.45) is 4.23. The minimum Gasteiger partial charge on any atom is -0.396 e. The zero-order valence-electron chi connectivity index (χ0n) is 20.8. The van der Waals surface area contributed by atoms with Gasteiger partial charge in [0, 0.05) is 20.2 Å². The van der Waals surface area contributed by atoms with Crippen LogP contribution in [0.5, 0.6) is 0 Å². The molecule has 2 aromatic rings. The number of hydrogen-bond donors (Lipinski definition) is 3. The standard InChI is InChI=1S/C25H34N6O5/c1-24-11-12-25(36-24)19(18(24)21(33)26-2)23(35)30(13-7-3-4-8-14-32)20(25)22(34)27-15-31-17-10-6-5-9-16(17)28-29-31/h5-6,9-10,18-20,32H,3-4,7-8,11-15H2,1-2H3,(H,26,33)(H,27,34)/t18-,19+,20?,24+,25?/m1/s1. The summed E-state index contributed by atoms with van der Waals surface area (Å²) in [5.74, 6) is -2.08. The molecule has 5 atom stereocenters. The summed E-state index contributed by atoms with van der Waals surface area (Å²) < 4.78 is 8.15. The van der Waals surface area contributed by atoms with Crippen molar-refractivity contribution in [3.63, 3.8) is 0 Å². The van der Waals surface area contributed by atoms with Crippen LogP contribution in [0.3, 0.4) is 0 Å². The lowest BCUT2D eigenvalue weighted by Gasteiger charge is -2.33. The van der Waals surface area contributed by atoms with Gasteiger partial charge < -0.3 is 25.4 Å². The van der Waals surface area contributed by atoms with Gasteiger partial charge >= 0.3 is 0 Å². The molecule has 11 heteroatoms. The second-order valence-corrected chi connectivity index (χ2v) is 10.3. The molecule has 3 aliphatic heterocycles. The Hall–Kier alpha value is -3.05. The van der Waals surface area contributed by atoms with E-state index >= 15 is 0 Å². The molecule has 0 aliphatic carbocycles. The van der Waals surface area contributed by atoms with Crippen molar-refractivity contribution in [2.75, 3.05) is 20.2 Å². The summed E-state index contributed by atoms with van der Waals surface area (Å²) in [6.45, 7) is 2.51. The Morgan fingerprint density at radius 2 is 1.94 bits per heavy atom. The molecule has 0 radical (unpaired) electrons. The number of aromatic nitrogens is 3. The van der Waals surface area contributed by atoms with E-state index in [2.05, 4.69) is 20.9 Å². The van der Waals surface area contributed by atoms with Gasteiger partial charge in [0.1, 0.15) is 23.8 Å². The van der Waals surface area contributed by atoms with Crippen molar-refractivity contribution in [2.45, 2.75) is 69.4 Å². The SMILES string of the molecule is CNC(=O)[C@H]1[C@H]2C(=O)N(CCCCCCO)C(C(=O)NCn3nnc4ccccc43)C23CC[C@]1(C)O3. The van der Waals surface area contributed by atoms with E-state index < -0.39 is 29.1 Å². The molecule has 3 fully saturated rings. The van der Waals surface area contributed by atoms with Crippen molar-refractivity contribution < 1.29 is 24.2 Å². The maximum Gasteiger partial charge on any atom is 0.247 e. The van der Waals surface area contributed by atoms with E-state index in [1.54, 1.807) is 16.6 Å². The Morgan fingerprint density at radius 1 is 1.17 bits per heavy atom. The number of rotatable bonds is 10. The summed E-state index contributed by atoms with van der Waals surface area (Å²) in [6, 6.07) is 6.65. The van der Waals surface area contributed by atoms with Crippen LogP contribution >= 0.6 is 0 Å². The molecule has 0 saturated carbocycles. The highest BCUT2D eigenvalue weighted by molar-refractivity contribution is 5.99. The van der Waals surface area contributed by atoms with Crippen LogP contribution in [0.25, 0.3) is 11.0 Å². The Morgan fingerprint density at radius 3 is 2.72 bits per heavy atom. The highest BCUT2D eigenvalue weighted by Gasteiger charge is 2.77. The number of hydrogen-bond acceptors (Lipinski definition) is 7. The fraction of sp³-hybridized carbons (Fsp3) is 0.640. The molecule has 36 heavy (non-hydrogen) atoms. The quantitative estimate of drug-likeness (QED) is 0.407. The van der Waals surface area contributed by atoms with E-state index in [-0.39, 0.29) is 31.0 Å². The van der Waals surface area contributed by atoms with Gasteiger partial charge in [0.25, 0.3) is 0 Å². The molecule has 2 unspecified atom stereocenters. The number of ether oxygens (including phenoxy) is 1. The number of aliphatic hydroxyl groups excluding tert-OH is 1. The average molecular weight is 499 g/mol. The number of amides is 3. The molecule has 4 heterocycles. The van der Waals surface area contributed by atoms with Crippen molar-refractivity contribution in [2.24, 2.45) is 11.8 Å². The summed E-state index contributed by atoms with van der Waals surface area (Å²) in [7, 11) is 1.56. The lowest BCUT2D eigenvalue weighted by molar-refractivity contribution is -0.146. The Bertz CT molecular complexity index is 1170. The number of nitrogens with one attached hydrogen (secondary N) is 2. The molecule has 3 amide bonds. The Balaban J connectivity index is 1.41. The lowest BCUT2D eigenvalue weighted by atomic mass is 9.66. The number of para-hydroxylation sites is 1. The highest BCUT2D eigenvalue weighted by Crippen LogP contribution is 2.63. The van der Waals surface area contributed by atoms with E-state index in [9.17, 15) is 14.4 Å². The number of carbonyl (C=O) groups is 3. The zero-order chi connectivity index (χ0) is 25.5. The summed E-state index contributed by atoms with van der Waals surface area (Å²) in [4.78, 5) is 42.1. The minimum atomic E-state index is -1.04. The molecular weight excluding hydrogens is 464 g/mol. The van der Waals surface area contributed by atoms with Crippen LogP contribution in [0.1, 0.15) is 45.4 Å². The van der Waals surface area contributed by atoms with Crippen molar-refractivity contribution in [3.8, 4) is 0 Å². The first-order chi connectivity index (χ1) is 17.4. The van der Waals surface area contributed by atoms with Crippen LogP contribution < -0.4 is 10.6 Å². The van der Waals surface area contributed by atoms with Crippen molar-refractivity contribution in [3.05, 3.63) is 24.3 Å². The number of fused-ring (bicyclic) bond motifs is 2. The third-order valence-electron chi connectivity index (χ3n) is 8.18. The van der Waals surface area contributed by atoms with Gasteiger partial charge in [-0.15, -0.1) is 5.10 Å². The van der Waals surface area contributed by atoms with Gasteiger partial charge in [0.05, 0.1) is 23.0 Å². The number of unbranched alkanes of at least 4 members (excludes halogenated alkanes) is 3. The van der Waals surface area contributed by atoms with Crippen LogP contribution in [0.4, 0.5) is 0 Å². The highest BCUT2D eigenvalue weighted by atomic mass is 16.5. The van der Waals surface area contributed by atoms with Crippen LogP contribution in [0.2, 0.25) is 0 Å². The van der Waals surface area contributed by atoms with Gasteiger partial charge in [-0.3, -0.25) is 14.4 Å². The van der Waals surface area contributed by atoms with Gasteiger partial charge in [0.15, 0.2) is 0 Å². The molecule has 3 N–H and O–H groups in total. The lowest BCUT2D eigenvalue weighted by Crippen LogP contribution is -2.55. The van der Waals surface area contributed by atoms with E-state index in [4.69, 9.17) is 9.84 Å². The maximum absolute atomic E-state index is 13.8. The van der Waals surface area contributed by atoms with Gasteiger partial charge in [-0.1, -0.05) is 30.2 Å². The van der Waals surface area contributed by atoms with E-state index in [1.165, 1.54) is 0 Å². The molecule has 11 nitrogen and oxygen atoms in total. The fourth-order valence-corrected chi connectivity index (χ4v) is 6.55. The monoisotopic (exact) mass is 498 g/mol. The topological polar surface area (TPSA) is 139 Å². The van der Waals surface area contributed by atoms with Crippen molar-refractivity contribution in [1.82, 2.24) is 30.5 Å². The third-order valence-corrected chi connectivity index (χ3v) is 8.18. The molecule has 5 rings (SSSR count). The first-order valence-electron chi connectivity index (χ1n) is 12.8. The predicted molar refractivity (Wildman–Crippen MR) is 129 cm³/mol. The molecule has 3 aliphatic rings. The van der Waals surface area contributed by atoms with Crippen LogP contribution in [0.15, 0.2) is 24.3 Å². The summed E-state index contributed by atoms with van der Waals surface area (Å²) in [5.41, 5.74) is -0.302. The van der Waals surface area contributed by atoms with Crippen molar-refractivity contribution >= 4 is 28.8 Å². The summed E-state index contributed by atoms with van der Waals surface area (Å²) in [5, 5.41) is 23.0. The summed E-state index contributed by atoms with van der Waals surface area (Å²) >= 11 is 0. The Labute approximate surface area is 209 Å². The van der Waals surface area contributed by atoms with E-state index in [0.29, 0.717) is 32.2 Å². The molecule has 1 aromatic heterocycles. The maximum atomic E-state index is 13.8. The van der Waals surface area contributed by atoms with Gasteiger partial charge in [-0.05, 0) is 44.7 Å². The third kappa shape index (κ3) is 3.76. The molecule has 2 bridgehead atoms. The molecule has 1 aromatic carbocycles. The number of carbonyl (C=O) groups excluding carboxylic acids is 3. The number of benzene rings is 1. The van der Waals surface area contributed by atoms with Gasteiger partial charge in [-0.25, -0.2) is 4.68 Å². The first-order valence-corrected chi connectivity index (χ1v) is 12.8. The predicted octanol–water partition coefficient (Wildman–Crippen LogP) is 0.568. The second kappa shape index (κ2) is 9.44. The molecular formula is C25H34N6O5. The zero-order valence-corrected chi connectivity index (χ0v) is 20.8. The van der Waals surface area contributed by atoms with Crippen LogP contribution in [-0.2, 0) is 25.8 Å². The van der Waals surface area contributed by atoms with Crippen molar-refractivity contribution in [1.29, 1.82) is 0 Å². The fourth-order valence-electron chi connectivity index (χ4n) is 6.55. The largest absolute Gasteiger partial charge is 0.396 e. The normalized spacial score (nSPS) is 30.7. The molecule has 1 spiro atoms. The first kappa shape index (κ1) is 24.6. The number of likely N-dealkylation sites (tertiary alicyclic amines) is 1. The van der Waals surface area contributed by atoms with E-state index in [1.807, 2.05) is 31.2 Å². The second-order valence-electron chi connectivity index (χ2n) is 10.3. The van der Waals surface area contributed by atoms with Gasteiger partial charge in [0.2, 0.25) is 17.7 Å². The van der Waals surface area contributed by atoms with E-state index in [0.717, 1.165) is 23.9 Å².